The zero-order valence-electron chi connectivity index (χ0n) is 16.6. The van der Waals surface area contributed by atoms with Crippen LogP contribution in [-0.4, -0.2) is 69.4 Å². The quantitative estimate of drug-likeness (QED) is 0.696. The molecule has 3 aromatic rings. The average Bonchev–Trinajstić information content (AvgIpc) is 3.44. The maximum absolute atomic E-state index is 13.3. The van der Waals surface area contributed by atoms with E-state index in [4.69, 9.17) is 4.42 Å². The molecule has 0 aliphatic carbocycles. The summed E-state index contributed by atoms with van der Waals surface area (Å²) in [5, 5.41) is 14.5. The number of piperazine rings is 1. The molecule has 0 bridgehead atoms. The Labute approximate surface area is 170 Å². The van der Waals surface area contributed by atoms with Crippen molar-refractivity contribution in [1.82, 2.24) is 19.6 Å². The highest BCUT2D eigenvalue weighted by atomic mass is 16.3. The van der Waals surface area contributed by atoms with Gasteiger partial charge < -0.3 is 14.4 Å². The number of aromatic nitrogens is 2. The number of rotatable bonds is 6. The standard InChI is InChI=1S/C22H26N4O3/c1-2-18(27)16-24-10-12-25(13-11-24)22(28)20-15-19(21-9-6-14-29-21)23-26(20)17-7-4-3-5-8-17/h3-9,14-15,18,27H,2,10-13,16H2,1H3. The molecule has 7 heteroatoms. The third kappa shape index (κ3) is 4.26. The Bertz CT molecular complexity index is 928. The molecule has 7 nitrogen and oxygen atoms in total. The van der Waals surface area contributed by atoms with Crippen molar-refractivity contribution in [3.8, 4) is 17.1 Å². The number of carbonyl (C=O) groups excluding carboxylic acids is 1. The van der Waals surface area contributed by atoms with Crippen LogP contribution in [0.25, 0.3) is 17.1 Å². The Morgan fingerprint density at radius 1 is 1.14 bits per heavy atom. The van der Waals surface area contributed by atoms with E-state index in [1.165, 1.54) is 0 Å². The first kappa shape index (κ1) is 19.4. The summed E-state index contributed by atoms with van der Waals surface area (Å²) in [4.78, 5) is 17.4. The molecule has 0 radical (unpaired) electrons. The highest BCUT2D eigenvalue weighted by Crippen LogP contribution is 2.23. The summed E-state index contributed by atoms with van der Waals surface area (Å²) in [6.45, 7) is 5.41. The van der Waals surface area contributed by atoms with Crippen LogP contribution in [0.4, 0.5) is 0 Å². The third-order valence-corrected chi connectivity index (χ3v) is 5.30. The number of β-amino-alcohol motifs (C(OH)–C–C–N with tert-alkyl or cyclic N) is 1. The molecule has 2 aromatic heterocycles. The molecule has 152 valence electrons. The van der Waals surface area contributed by atoms with Gasteiger partial charge in [0.15, 0.2) is 5.76 Å². The van der Waals surface area contributed by atoms with Crippen LogP contribution in [0, 0.1) is 0 Å². The zero-order chi connectivity index (χ0) is 20.2. The maximum Gasteiger partial charge on any atom is 0.272 e. The number of benzene rings is 1. The second-order valence-corrected chi connectivity index (χ2v) is 7.29. The van der Waals surface area contributed by atoms with Crippen molar-refractivity contribution in [3.63, 3.8) is 0 Å². The topological polar surface area (TPSA) is 74.7 Å². The van der Waals surface area contributed by atoms with Crippen molar-refractivity contribution in [3.05, 3.63) is 60.5 Å². The Hall–Kier alpha value is -2.90. The van der Waals surface area contributed by atoms with E-state index in [9.17, 15) is 9.90 Å². The Morgan fingerprint density at radius 3 is 2.55 bits per heavy atom. The number of furan rings is 1. The molecule has 0 spiro atoms. The molecule has 1 aromatic carbocycles. The number of aliphatic hydroxyl groups excluding tert-OH is 1. The van der Waals surface area contributed by atoms with Gasteiger partial charge in [-0.25, -0.2) is 4.68 Å². The molecule has 1 N–H and O–H groups in total. The van der Waals surface area contributed by atoms with Crippen LogP contribution in [0.5, 0.6) is 0 Å². The summed E-state index contributed by atoms with van der Waals surface area (Å²) in [6, 6.07) is 15.1. The van der Waals surface area contributed by atoms with Crippen LogP contribution in [0.15, 0.2) is 59.2 Å². The zero-order valence-corrected chi connectivity index (χ0v) is 16.6. The van der Waals surface area contributed by atoms with Crippen LogP contribution < -0.4 is 0 Å². The number of hydrogen-bond acceptors (Lipinski definition) is 5. The second kappa shape index (κ2) is 8.63. The second-order valence-electron chi connectivity index (χ2n) is 7.29. The van der Waals surface area contributed by atoms with Crippen LogP contribution in [0.3, 0.4) is 0 Å². The molecule has 1 unspecified atom stereocenters. The van der Waals surface area contributed by atoms with Gasteiger partial charge in [-0.2, -0.15) is 5.10 Å². The monoisotopic (exact) mass is 394 g/mol. The third-order valence-electron chi connectivity index (χ3n) is 5.30. The van der Waals surface area contributed by atoms with Crippen LogP contribution in [0.2, 0.25) is 0 Å². The molecule has 4 rings (SSSR count). The van der Waals surface area contributed by atoms with Gasteiger partial charge in [-0.15, -0.1) is 0 Å². The molecule has 1 fully saturated rings. The number of para-hydroxylation sites is 1. The van der Waals surface area contributed by atoms with E-state index in [-0.39, 0.29) is 12.0 Å². The molecular weight excluding hydrogens is 368 g/mol. The van der Waals surface area contributed by atoms with Crippen LogP contribution in [-0.2, 0) is 0 Å². The molecular formula is C22H26N4O3. The number of amides is 1. The van der Waals surface area contributed by atoms with E-state index < -0.39 is 0 Å². The van der Waals surface area contributed by atoms with Crippen molar-refractivity contribution in [2.24, 2.45) is 0 Å². The lowest BCUT2D eigenvalue weighted by Gasteiger charge is -2.35. The molecule has 1 amide bonds. The average molecular weight is 394 g/mol. The summed E-state index contributed by atoms with van der Waals surface area (Å²) in [5.41, 5.74) is 1.98. The van der Waals surface area contributed by atoms with Gasteiger partial charge >= 0.3 is 0 Å². The molecule has 0 saturated carbocycles. The van der Waals surface area contributed by atoms with Gasteiger partial charge in [0.2, 0.25) is 0 Å². The normalized spacial score (nSPS) is 16.1. The lowest BCUT2D eigenvalue weighted by Crippen LogP contribution is -2.50. The Morgan fingerprint density at radius 2 is 1.90 bits per heavy atom. The number of aliphatic hydroxyl groups is 1. The molecule has 1 aliphatic rings. The minimum absolute atomic E-state index is 0.0464. The fourth-order valence-electron chi connectivity index (χ4n) is 3.57. The van der Waals surface area contributed by atoms with Gasteiger partial charge in [-0.1, -0.05) is 25.1 Å². The largest absolute Gasteiger partial charge is 0.463 e. The maximum atomic E-state index is 13.3. The smallest absolute Gasteiger partial charge is 0.272 e. The number of carbonyl (C=O) groups is 1. The molecule has 1 atom stereocenters. The first-order valence-corrected chi connectivity index (χ1v) is 10.0. The Balaban J connectivity index is 1.57. The number of hydrogen-bond donors (Lipinski definition) is 1. The van der Waals surface area contributed by atoms with Gasteiger partial charge in [0, 0.05) is 38.8 Å². The van der Waals surface area contributed by atoms with Gasteiger partial charge in [-0.05, 0) is 30.7 Å². The first-order chi connectivity index (χ1) is 14.2. The highest BCUT2D eigenvalue weighted by Gasteiger charge is 2.27. The van der Waals surface area contributed by atoms with Crippen LogP contribution >= 0.6 is 0 Å². The summed E-state index contributed by atoms with van der Waals surface area (Å²) >= 11 is 0. The van der Waals surface area contributed by atoms with E-state index in [1.807, 2.05) is 54.3 Å². The van der Waals surface area contributed by atoms with Gasteiger partial charge in [-0.3, -0.25) is 9.69 Å². The first-order valence-electron chi connectivity index (χ1n) is 10.0. The van der Waals surface area contributed by atoms with Crippen molar-refractivity contribution in [2.45, 2.75) is 19.4 Å². The van der Waals surface area contributed by atoms with Crippen LogP contribution in [0.1, 0.15) is 23.8 Å². The summed E-state index contributed by atoms with van der Waals surface area (Å²) in [7, 11) is 0. The Kier molecular flexibility index (Phi) is 5.78. The van der Waals surface area contributed by atoms with E-state index in [0.29, 0.717) is 36.8 Å². The van der Waals surface area contributed by atoms with E-state index in [1.54, 1.807) is 17.0 Å². The molecule has 3 heterocycles. The minimum Gasteiger partial charge on any atom is -0.463 e. The fraction of sp³-hybridized carbons (Fsp3) is 0.364. The van der Waals surface area contributed by atoms with Crippen molar-refractivity contribution < 1.29 is 14.3 Å². The fourth-order valence-corrected chi connectivity index (χ4v) is 3.57. The lowest BCUT2D eigenvalue weighted by molar-refractivity contribution is 0.0517. The lowest BCUT2D eigenvalue weighted by atomic mass is 10.2. The van der Waals surface area contributed by atoms with Gasteiger partial charge in [0.25, 0.3) is 5.91 Å². The molecule has 1 saturated heterocycles. The predicted molar refractivity (Wildman–Crippen MR) is 110 cm³/mol. The molecule has 29 heavy (non-hydrogen) atoms. The summed E-state index contributed by atoms with van der Waals surface area (Å²) in [5.74, 6) is 0.585. The van der Waals surface area contributed by atoms with E-state index in [2.05, 4.69) is 10.00 Å². The highest BCUT2D eigenvalue weighted by molar-refractivity contribution is 5.94. The van der Waals surface area contributed by atoms with Crippen molar-refractivity contribution in [1.29, 1.82) is 0 Å². The number of nitrogens with zero attached hydrogens (tertiary/aromatic N) is 4. The van der Waals surface area contributed by atoms with E-state index in [0.717, 1.165) is 25.2 Å². The molecule has 1 aliphatic heterocycles. The summed E-state index contributed by atoms with van der Waals surface area (Å²) < 4.78 is 7.17. The van der Waals surface area contributed by atoms with Crippen molar-refractivity contribution in [2.75, 3.05) is 32.7 Å². The van der Waals surface area contributed by atoms with Gasteiger partial charge in [0.05, 0.1) is 18.1 Å². The SMILES string of the molecule is CCC(O)CN1CCN(C(=O)c2cc(-c3ccco3)nn2-c2ccccc2)CC1. The van der Waals surface area contributed by atoms with Gasteiger partial charge in [0.1, 0.15) is 11.4 Å². The minimum atomic E-state index is -0.312. The predicted octanol–water partition coefficient (Wildman–Crippen LogP) is 2.66. The van der Waals surface area contributed by atoms with Crippen molar-refractivity contribution >= 4 is 5.91 Å². The summed E-state index contributed by atoms with van der Waals surface area (Å²) in [6.07, 6.45) is 2.03. The van der Waals surface area contributed by atoms with E-state index >= 15 is 0 Å².